The summed E-state index contributed by atoms with van der Waals surface area (Å²) in [5.41, 5.74) is 2.56. The summed E-state index contributed by atoms with van der Waals surface area (Å²) >= 11 is 11.9. The third-order valence-corrected chi connectivity index (χ3v) is 3.41. The van der Waals surface area contributed by atoms with Gasteiger partial charge < -0.3 is 4.74 Å². The molecule has 0 aliphatic heterocycles. The van der Waals surface area contributed by atoms with Crippen molar-refractivity contribution in [3.8, 4) is 23.1 Å². The number of benzene rings is 1. The van der Waals surface area contributed by atoms with Crippen LogP contribution in [0.5, 0.6) is 5.88 Å². The molecular weight excluding hydrogens is 283 g/mol. The third-order valence-electron chi connectivity index (χ3n) is 2.67. The van der Waals surface area contributed by atoms with Crippen LogP contribution in [0, 0.1) is 11.3 Å². The SMILES string of the molecule is COc1cc(CC#N)c(-c2ccc(Cl)c(Cl)c2)cn1. The molecule has 1 aromatic heterocycles. The van der Waals surface area contributed by atoms with Crippen LogP contribution in [0.3, 0.4) is 0 Å². The molecule has 2 rings (SSSR count). The van der Waals surface area contributed by atoms with Crippen molar-refractivity contribution in [1.82, 2.24) is 4.98 Å². The molecule has 3 nitrogen and oxygen atoms in total. The lowest BCUT2D eigenvalue weighted by Gasteiger charge is -2.09. The van der Waals surface area contributed by atoms with E-state index in [0.717, 1.165) is 16.7 Å². The minimum Gasteiger partial charge on any atom is -0.481 e. The molecule has 2 aromatic rings. The first-order chi connectivity index (χ1) is 9.15. The van der Waals surface area contributed by atoms with Crippen molar-refractivity contribution in [3.63, 3.8) is 0 Å². The summed E-state index contributed by atoms with van der Waals surface area (Å²) in [5, 5.41) is 9.86. The minimum absolute atomic E-state index is 0.272. The average Bonchev–Trinajstić information content (AvgIpc) is 2.42. The highest BCUT2D eigenvalue weighted by Gasteiger charge is 2.09. The number of hydrogen-bond donors (Lipinski definition) is 0. The van der Waals surface area contributed by atoms with Gasteiger partial charge in [0.2, 0.25) is 5.88 Å². The van der Waals surface area contributed by atoms with Crippen molar-refractivity contribution in [2.75, 3.05) is 7.11 Å². The van der Waals surface area contributed by atoms with Crippen LogP contribution in [-0.2, 0) is 6.42 Å². The van der Waals surface area contributed by atoms with E-state index < -0.39 is 0 Å². The van der Waals surface area contributed by atoms with Crippen molar-refractivity contribution in [3.05, 3.63) is 46.1 Å². The number of nitriles is 1. The molecule has 1 heterocycles. The summed E-state index contributed by atoms with van der Waals surface area (Å²) in [5.74, 6) is 0.481. The molecular formula is C14H10Cl2N2O. The molecule has 19 heavy (non-hydrogen) atoms. The fourth-order valence-corrected chi connectivity index (χ4v) is 2.04. The zero-order valence-electron chi connectivity index (χ0n) is 10.2. The van der Waals surface area contributed by atoms with Crippen LogP contribution in [0.2, 0.25) is 10.0 Å². The zero-order valence-corrected chi connectivity index (χ0v) is 11.7. The van der Waals surface area contributed by atoms with Crippen LogP contribution in [0.25, 0.3) is 11.1 Å². The molecule has 0 aliphatic carbocycles. The predicted octanol–water partition coefficient (Wildman–Crippen LogP) is 4.13. The Balaban J connectivity index is 2.54. The fraction of sp³-hybridized carbons (Fsp3) is 0.143. The molecule has 0 fully saturated rings. The Morgan fingerprint density at radius 3 is 2.68 bits per heavy atom. The van der Waals surface area contributed by atoms with E-state index in [4.69, 9.17) is 33.2 Å². The molecule has 0 N–H and O–H groups in total. The lowest BCUT2D eigenvalue weighted by Crippen LogP contribution is -1.94. The van der Waals surface area contributed by atoms with Crippen molar-refractivity contribution < 1.29 is 4.74 Å². The molecule has 0 amide bonds. The maximum absolute atomic E-state index is 8.89. The first kappa shape index (κ1) is 13.7. The second-order valence-electron chi connectivity index (χ2n) is 3.85. The zero-order chi connectivity index (χ0) is 13.8. The molecule has 0 aliphatic rings. The number of pyridine rings is 1. The summed E-state index contributed by atoms with van der Waals surface area (Å²) in [7, 11) is 1.54. The maximum Gasteiger partial charge on any atom is 0.213 e. The highest BCUT2D eigenvalue weighted by atomic mass is 35.5. The molecule has 0 bridgehead atoms. The van der Waals surface area contributed by atoms with Crippen molar-refractivity contribution in [2.24, 2.45) is 0 Å². The van der Waals surface area contributed by atoms with Gasteiger partial charge in [-0.05, 0) is 23.3 Å². The molecule has 0 unspecified atom stereocenters. The molecule has 0 saturated heterocycles. The average molecular weight is 293 g/mol. The van der Waals surface area contributed by atoms with E-state index in [9.17, 15) is 0 Å². The molecule has 0 spiro atoms. The van der Waals surface area contributed by atoms with Gasteiger partial charge in [-0.1, -0.05) is 29.3 Å². The maximum atomic E-state index is 8.89. The predicted molar refractivity (Wildman–Crippen MR) is 75.6 cm³/mol. The number of hydrogen-bond acceptors (Lipinski definition) is 3. The van der Waals surface area contributed by atoms with Crippen LogP contribution < -0.4 is 4.74 Å². The Kier molecular flexibility index (Phi) is 4.26. The highest BCUT2D eigenvalue weighted by molar-refractivity contribution is 6.42. The lowest BCUT2D eigenvalue weighted by atomic mass is 10.0. The number of nitrogens with zero attached hydrogens (tertiary/aromatic N) is 2. The summed E-state index contributed by atoms with van der Waals surface area (Å²) in [6, 6.07) is 9.21. The second-order valence-corrected chi connectivity index (χ2v) is 4.66. The summed E-state index contributed by atoms with van der Waals surface area (Å²) < 4.78 is 5.07. The first-order valence-corrected chi connectivity index (χ1v) is 6.26. The van der Waals surface area contributed by atoms with Crippen molar-refractivity contribution in [2.45, 2.75) is 6.42 Å². The Morgan fingerprint density at radius 1 is 1.26 bits per heavy atom. The van der Waals surface area contributed by atoms with E-state index in [1.807, 2.05) is 6.07 Å². The Bertz CT molecular complexity index is 650. The van der Waals surface area contributed by atoms with Gasteiger partial charge in [0.1, 0.15) is 0 Å². The molecule has 1 aromatic carbocycles. The fourth-order valence-electron chi connectivity index (χ4n) is 1.74. The highest BCUT2D eigenvalue weighted by Crippen LogP contribution is 2.31. The number of rotatable bonds is 3. The van der Waals surface area contributed by atoms with Crippen molar-refractivity contribution >= 4 is 23.2 Å². The number of ether oxygens (including phenoxy) is 1. The first-order valence-electron chi connectivity index (χ1n) is 5.51. The van der Waals surface area contributed by atoms with E-state index in [0.29, 0.717) is 15.9 Å². The Morgan fingerprint density at radius 2 is 2.05 bits per heavy atom. The standard InChI is InChI=1S/C14H10Cl2N2O/c1-19-14-7-10(4-5-17)11(8-18-14)9-2-3-12(15)13(16)6-9/h2-3,6-8H,4H2,1H3. The molecule has 0 saturated carbocycles. The smallest absolute Gasteiger partial charge is 0.213 e. The quantitative estimate of drug-likeness (QED) is 0.854. The topological polar surface area (TPSA) is 45.9 Å². The van der Waals surface area contributed by atoms with E-state index in [1.165, 1.54) is 7.11 Å². The van der Waals surface area contributed by atoms with Gasteiger partial charge in [-0.2, -0.15) is 5.26 Å². The van der Waals surface area contributed by atoms with Gasteiger partial charge in [0, 0.05) is 17.8 Å². The van der Waals surface area contributed by atoms with Gasteiger partial charge in [0.05, 0.1) is 29.6 Å². The summed E-state index contributed by atoms with van der Waals surface area (Å²) in [6.45, 7) is 0. The van der Waals surface area contributed by atoms with Crippen LogP contribution in [0.1, 0.15) is 5.56 Å². The normalized spacial score (nSPS) is 10.0. The second kappa shape index (κ2) is 5.92. The molecule has 0 atom stereocenters. The van der Waals surface area contributed by atoms with Crippen LogP contribution in [-0.4, -0.2) is 12.1 Å². The number of methoxy groups -OCH3 is 1. The van der Waals surface area contributed by atoms with E-state index in [2.05, 4.69) is 11.1 Å². The number of halogens is 2. The van der Waals surface area contributed by atoms with Crippen LogP contribution in [0.4, 0.5) is 0 Å². The van der Waals surface area contributed by atoms with Crippen molar-refractivity contribution in [1.29, 1.82) is 5.26 Å². The van der Waals surface area contributed by atoms with E-state index >= 15 is 0 Å². The van der Waals surface area contributed by atoms with Gasteiger partial charge in [0.25, 0.3) is 0 Å². The minimum atomic E-state index is 0.272. The van der Waals surface area contributed by atoms with E-state index in [1.54, 1.807) is 24.4 Å². The van der Waals surface area contributed by atoms with Crippen LogP contribution in [0.15, 0.2) is 30.5 Å². The monoisotopic (exact) mass is 292 g/mol. The Hall–Kier alpha value is -1.76. The molecule has 96 valence electrons. The van der Waals surface area contributed by atoms with Gasteiger partial charge >= 0.3 is 0 Å². The van der Waals surface area contributed by atoms with Gasteiger partial charge in [-0.3, -0.25) is 0 Å². The lowest BCUT2D eigenvalue weighted by molar-refractivity contribution is 0.397. The van der Waals surface area contributed by atoms with Crippen LogP contribution >= 0.6 is 23.2 Å². The van der Waals surface area contributed by atoms with Gasteiger partial charge in [-0.25, -0.2) is 4.98 Å². The Labute approximate surface area is 121 Å². The third kappa shape index (κ3) is 2.98. The summed E-state index contributed by atoms with van der Waals surface area (Å²) in [4.78, 5) is 4.16. The van der Waals surface area contributed by atoms with Gasteiger partial charge in [0.15, 0.2) is 0 Å². The van der Waals surface area contributed by atoms with E-state index in [-0.39, 0.29) is 6.42 Å². The molecule has 5 heteroatoms. The van der Waals surface area contributed by atoms with Gasteiger partial charge in [-0.15, -0.1) is 0 Å². The molecule has 0 radical (unpaired) electrons. The largest absolute Gasteiger partial charge is 0.481 e. The number of aromatic nitrogens is 1. The summed E-state index contributed by atoms with van der Waals surface area (Å²) in [6.07, 6.45) is 1.94.